The summed E-state index contributed by atoms with van der Waals surface area (Å²) in [6, 6.07) is 0. The summed E-state index contributed by atoms with van der Waals surface area (Å²) in [5.41, 5.74) is -0.532. The molecule has 0 aromatic rings. The van der Waals surface area contributed by atoms with Crippen LogP contribution in [0.25, 0.3) is 0 Å². The second-order valence-corrected chi connectivity index (χ2v) is 6.01. The third kappa shape index (κ3) is 5.63. The number of hydrogen-bond donors (Lipinski definition) is 0. The number of piperazine rings is 1. The smallest absolute Gasteiger partial charge is 0.410 e. The molecule has 5 nitrogen and oxygen atoms in total. The molecule has 0 spiro atoms. The zero-order valence-corrected chi connectivity index (χ0v) is 13.3. The van der Waals surface area contributed by atoms with Crippen LogP contribution >= 0.6 is 15.9 Å². The Balaban J connectivity index is 2.47. The van der Waals surface area contributed by atoms with Gasteiger partial charge in [-0.15, -0.1) is 0 Å². The number of halogens is 1. The van der Waals surface area contributed by atoms with Crippen LogP contribution in [0, 0.1) is 0 Å². The first-order valence-electron chi connectivity index (χ1n) is 6.30. The van der Waals surface area contributed by atoms with E-state index in [2.05, 4.69) is 15.9 Å². The Labute approximate surface area is 122 Å². The van der Waals surface area contributed by atoms with Crippen LogP contribution in [-0.4, -0.2) is 58.9 Å². The molecule has 19 heavy (non-hydrogen) atoms. The molecule has 1 saturated heterocycles. The highest BCUT2D eigenvalue weighted by molar-refractivity contribution is 9.09. The molecule has 0 radical (unpaired) electrons. The molecule has 0 aromatic carbocycles. The molecule has 108 valence electrons. The van der Waals surface area contributed by atoms with E-state index in [0.717, 1.165) is 5.33 Å². The number of allylic oxidation sites excluding steroid dienone is 1. The normalized spacial score (nSPS) is 17.2. The van der Waals surface area contributed by atoms with E-state index in [1.54, 1.807) is 4.90 Å². The van der Waals surface area contributed by atoms with Crippen molar-refractivity contribution in [1.82, 2.24) is 9.80 Å². The van der Waals surface area contributed by atoms with Gasteiger partial charge in [-0.05, 0) is 20.8 Å². The quantitative estimate of drug-likeness (QED) is 0.586. The SMILES string of the molecule is CC(C)(C)OC(=O)N1CCN(C/C=C/CBr)C(=O)C1. The molecule has 1 aliphatic rings. The summed E-state index contributed by atoms with van der Waals surface area (Å²) in [7, 11) is 0. The van der Waals surface area contributed by atoms with Gasteiger partial charge in [0, 0.05) is 25.0 Å². The molecule has 0 aliphatic carbocycles. The van der Waals surface area contributed by atoms with E-state index in [9.17, 15) is 9.59 Å². The topological polar surface area (TPSA) is 49.9 Å². The molecule has 0 atom stereocenters. The van der Waals surface area contributed by atoms with Crippen molar-refractivity contribution in [2.45, 2.75) is 26.4 Å². The zero-order valence-electron chi connectivity index (χ0n) is 11.7. The molecular weight excluding hydrogens is 312 g/mol. The first kappa shape index (κ1) is 16.0. The van der Waals surface area contributed by atoms with E-state index in [-0.39, 0.29) is 12.5 Å². The van der Waals surface area contributed by atoms with E-state index in [0.29, 0.717) is 19.6 Å². The standard InChI is InChI=1S/C13H21BrN2O3/c1-13(2,3)19-12(18)16-9-8-15(11(17)10-16)7-5-4-6-14/h4-5H,6-10H2,1-3H3/b5-4+. The minimum absolute atomic E-state index is 0.0451. The third-order valence-corrected chi connectivity index (χ3v) is 2.93. The summed E-state index contributed by atoms with van der Waals surface area (Å²) in [4.78, 5) is 26.9. The van der Waals surface area contributed by atoms with Gasteiger partial charge in [0.05, 0.1) is 0 Å². The lowest BCUT2D eigenvalue weighted by Crippen LogP contribution is -2.53. The fraction of sp³-hybridized carbons (Fsp3) is 0.692. The number of ether oxygens (including phenoxy) is 1. The van der Waals surface area contributed by atoms with Crippen LogP contribution in [0.4, 0.5) is 4.79 Å². The second kappa shape index (κ2) is 6.93. The zero-order chi connectivity index (χ0) is 14.5. The van der Waals surface area contributed by atoms with Crippen LogP contribution in [0.2, 0.25) is 0 Å². The van der Waals surface area contributed by atoms with E-state index in [1.807, 2.05) is 32.9 Å². The molecular formula is C13H21BrN2O3. The van der Waals surface area contributed by atoms with Gasteiger partial charge in [-0.3, -0.25) is 9.69 Å². The van der Waals surface area contributed by atoms with Crippen molar-refractivity contribution in [3.63, 3.8) is 0 Å². The van der Waals surface area contributed by atoms with Crippen molar-refractivity contribution in [3.05, 3.63) is 12.2 Å². The van der Waals surface area contributed by atoms with Crippen molar-refractivity contribution in [2.24, 2.45) is 0 Å². The van der Waals surface area contributed by atoms with Gasteiger partial charge in [-0.25, -0.2) is 4.79 Å². The molecule has 6 heteroatoms. The molecule has 1 fully saturated rings. The van der Waals surface area contributed by atoms with Crippen molar-refractivity contribution in [3.8, 4) is 0 Å². The van der Waals surface area contributed by atoms with Gasteiger partial charge in [-0.1, -0.05) is 28.1 Å². The molecule has 1 rings (SSSR count). The number of carbonyl (C=O) groups excluding carboxylic acids is 2. The highest BCUT2D eigenvalue weighted by Gasteiger charge is 2.29. The Bertz CT molecular complexity index is 363. The summed E-state index contributed by atoms with van der Waals surface area (Å²) < 4.78 is 5.26. The van der Waals surface area contributed by atoms with Gasteiger partial charge in [0.25, 0.3) is 0 Å². The summed E-state index contributed by atoms with van der Waals surface area (Å²) in [6.07, 6.45) is 3.47. The molecule has 1 aliphatic heterocycles. The van der Waals surface area contributed by atoms with Crippen LogP contribution < -0.4 is 0 Å². The number of nitrogens with zero attached hydrogens (tertiary/aromatic N) is 2. The van der Waals surface area contributed by atoms with Crippen LogP contribution in [0.1, 0.15) is 20.8 Å². The maximum Gasteiger partial charge on any atom is 0.410 e. The van der Waals surface area contributed by atoms with Crippen LogP contribution in [-0.2, 0) is 9.53 Å². The van der Waals surface area contributed by atoms with E-state index in [4.69, 9.17) is 4.74 Å². The number of amides is 2. The van der Waals surface area contributed by atoms with Crippen molar-refractivity contribution < 1.29 is 14.3 Å². The van der Waals surface area contributed by atoms with Gasteiger partial charge in [-0.2, -0.15) is 0 Å². The molecule has 0 saturated carbocycles. The van der Waals surface area contributed by atoms with Gasteiger partial charge in [0.2, 0.25) is 5.91 Å². The lowest BCUT2D eigenvalue weighted by atomic mass is 10.2. The number of carbonyl (C=O) groups is 2. The van der Waals surface area contributed by atoms with Crippen LogP contribution in [0.5, 0.6) is 0 Å². The Morgan fingerprint density at radius 3 is 2.58 bits per heavy atom. The fourth-order valence-corrected chi connectivity index (χ4v) is 1.91. The molecule has 0 bridgehead atoms. The number of alkyl halides is 1. The monoisotopic (exact) mass is 332 g/mol. The number of hydrogen-bond acceptors (Lipinski definition) is 3. The molecule has 0 unspecified atom stereocenters. The summed E-state index contributed by atoms with van der Waals surface area (Å²) >= 11 is 3.29. The second-order valence-electron chi connectivity index (χ2n) is 5.37. The first-order valence-corrected chi connectivity index (χ1v) is 7.42. The van der Waals surface area contributed by atoms with Gasteiger partial charge >= 0.3 is 6.09 Å². The molecule has 2 amide bonds. The van der Waals surface area contributed by atoms with E-state index >= 15 is 0 Å². The number of rotatable bonds is 3. The van der Waals surface area contributed by atoms with Crippen LogP contribution in [0.3, 0.4) is 0 Å². The van der Waals surface area contributed by atoms with E-state index < -0.39 is 11.7 Å². The maximum absolute atomic E-state index is 11.9. The predicted octanol–water partition coefficient (Wildman–Crippen LogP) is 2.02. The summed E-state index contributed by atoms with van der Waals surface area (Å²) in [5.74, 6) is -0.0451. The largest absolute Gasteiger partial charge is 0.444 e. The van der Waals surface area contributed by atoms with Crippen molar-refractivity contribution in [1.29, 1.82) is 0 Å². The highest BCUT2D eigenvalue weighted by atomic mass is 79.9. The van der Waals surface area contributed by atoms with Gasteiger partial charge in [0.15, 0.2) is 0 Å². The average Bonchev–Trinajstić information content (AvgIpc) is 2.29. The van der Waals surface area contributed by atoms with Gasteiger partial charge in [0.1, 0.15) is 12.1 Å². The Morgan fingerprint density at radius 2 is 2.05 bits per heavy atom. The molecule has 0 N–H and O–H groups in total. The Morgan fingerprint density at radius 1 is 1.37 bits per heavy atom. The minimum Gasteiger partial charge on any atom is -0.444 e. The molecule has 1 heterocycles. The molecule has 0 aromatic heterocycles. The lowest BCUT2D eigenvalue weighted by Gasteiger charge is -2.34. The highest BCUT2D eigenvalue weighted by Crippen LogP contribution is 2.12. The summed E-state index contributed by atoms with van der Waals surface area (Å²) in [5, 5.41) is 0.777. The van der Waals surface area contributed by atoms with Crippen molar-refractivity contribution >= 4 is 27.9 Å². The summed E-state index contributed by atoms with van der Waals surface area (Å²) in [6.45, 7) is 7.19. The predicted molar refractivity (Wildman–Crippen MR) is 77.3 cm³/mol. The minimum atomic E-state index is -0.532. The van der Waals surface area contributed by atoms with Gasteiger partial charge < -0.3 is 9.64 Å². The Hall–Kier alpha value is -1.04. The fourth-order valence-electron chi connectivity index (χ4n) is 1.65. The average molecular weight is 333 g/mol. The third-order valence-electron chi connectivity index (χ3n) is 2.55. The van der Waals surface area contributed by atoms with Crippen LogP contribution in [0.15, 0.2) is 12.2 Å². The van der Waals surface area contributed by atoms with E-state index in [1.165, 1.54) is 4.90 Å². The lowest BCUT2D eigenvalue weighted by molar-refractivity contribution is -0.135. The van der Waals surface area contributed by atoms with Crippen molar-refractivity contribution in [2.75, 3.05) is 31.5 Å². The first-order chi connectivity index (χ1) is 8.83. The Kier molecular flexibility index (Phi) is 5.85. The maximum atomic E-state index is 11.9.